The lowest BCUT2D eigenvalue weighted by Crippen LogP contribution is -2.21. The van der Waals surface area contributed by atoms with Gasteiger partial charge in [0.15, 0.2) is 0 Å². The van der Waals surface area contributed by atoms with Gasteiger partial charge in [-0.1, -0.05) is 17.7 Å². The van der Waals surface area contributed by atoms with Crippen LogP contribution in [0.15, 0.2) is 11.1 Å². The van der Waals surface area contributed by atoms with Gasteiger partial charge in [-0.05, 0) is 19.3 Å². The Kier molecular flexibility index (Phi) is 1.92. The first-order valence-corrected chi connectivity index (χ1v) is 3.29. The van der Waals surface area contributed by atoms with Gasteiger partial charge < -0.3 is 5.73 Å². The predicted octanol–water partition coefficient (Wildman–Crippen LogP) is 1.62. The Labute approximate surface area is 54.5 Å². The van der Waals surface area contributed by atoms with Gasteiger partial charge in [0.25, 0.3) is 0 Å². The quantitative estimate of drug-likeness (QED) is 0.531. The van der Waals surface area contributed by atoms with Crippen LogP contribution in [0.3, 0.4) is 0 Å². The highest BCUT2D eigenvalue weighted by molar-refractivity contribution is 6.30. The summed E-state index contributed by atoms with van der Waals surface area (Å²) in [6, 6.07) is 0.130. The molecule has 1 aliphatic carbocycles. The van der Waals surface area contributed by atoms with Crippen LogP contribution in [0.1, 0.15) is 19.3 Å². The minimum absolute atomic E-state index is 0.130. The molecular formula is C6H10ClN. The van der Waals surface area contributed by atoms with Gasteiger partial charge in [0.05, 0.1) is 0 Å². The fourth-order valence-electron chi connectivity index (χ4n) is 0.867. The molecular weight excluding hydrogens is 122 g/mol. The van der Waals surface area contributed by atoms with E-state index in [4.69, 9.17) is 17.3 Å². The van der Waals surface area contributed by atoms with Crippen LogP contribution in [0.5, 0.6) is 0 Å². The maximum Gasteiger partial charge on any atom is 0.0400 e. The van der Waals surface area contributed by atoms with Crippen molar-refractivity contribution in [2.75, 3.05) is 0 Å². The van der Waals surface area contributed by atoms with E-state index in [1.165, 1.54) is 6.42 Å². The second kappa shape index (κ2) is 2.51. The molecule has 0 aromatic heterocycles. The molecule has 1 nitrogen and oxygen atoms in total. The van der Waals surface area contributed by atoms with Crippen LogP contribution in [0, 0.1) is 0 Å². The van der Waals surface area contributed by atoms with Crippen LogP contribution in [0.25, 0.3) is 0 Å². The fraction of sp³-hybridized carbons (Fsp3) is 0.667. The first-order chi connectivity index (χ1) is 3.80. The van der Waals surface area contributed by atoms with Gasteiger partial charge in [0.2, 0.25) is 0 Å². The number of halogens is 1. The maximum atomic E-state index is 5.70. The lowest BCUT2D eigenvalue weighted by Gasteiger charge is -2.13. The SMILES string of the molecule is NC1CCCC=C1Cl. The first kappa shape index (κ1) is 6.12. The molecule has 1 aliphatic rings. The van der Waals surface area contributed by atoms with Crippen molar-refractivity contribution in [3.05, 3.63) is 11.1 Å². The van der Waals surface area contributed by atoms with Gasteiger partial charge in [-0.15, -0.1) is 0 Å². The van der Waals surface area contributed by atoms with Gasteiger partial charge >= 0.3 is 0 Å². The Bertz CT molecular complexity index is 109. The molecule has 8 heavy (non-hydrogen) atoms. The molecule has 0 saturated heterocycles. The van der Waals surface area contributed by atoms with Gasteiger partial charge in [0.1, 0.15) is 0 Å². The number of hydrogen-bond acceptors (Lipinski definition) is 1. The molecule has 0 amide bonds. The van der Waals surface area contributed by atoms with Crippen molar-refractivity contribution in [2.45, 2.75) is 25.3 Å². The molecule has 46 valence electrons. The summed E-state index contributed by atoms with van der Waals surface area (Å²) < 4.78 is 0. The molecule has 0 spiro atoms. The molecule has 1 rings (SSSR count). The summed E-state index contributed by atoms with van der Waals surface area (Å²) in [4.78, 5) is 0. The van der Waals surface area contributed by atoms with Crippen LogP contribution >= 0.6 is 11.6 Å². The largest absolute Gasteiger partial charge is 0.323 e. The molecule has 0 saturated carbocycles. The molecule has 0 fully saturated rings. The van der Waals surface area contributed by atoms with Gasteiger partial charge in [-0.2, -0.15) is 0 Å². The molecule has 1 atom stereocenters. The van der Waals surface area contributed by atoms with E-state index in [1.54, 1.807) is 0 Å². The molecule has 0 radical (unpaired) electrons. The fourth-order valence-corrected chi connectivity index (χ4v) is 1.09. The average Bonchev–Trinajstić information content (AvgIpc) is 1.77. The standard InChI is InChI=1S/C6H10ClN/c7-5-3-1-2-4-6(5)8/h3,6H,1-2,4,8H2. The molecule has 0 aromatic rings. The van der Waals surface area contributed by atoms with Crippen LogP contribution in [-0.4, -0.2) is 6.04 Å². The number of allylic oxidation sites excluding steroid dienone is 1. The van der Waals surface area contributed by atoms with E-state index in [2.05, 4.69) is 0 Å². The first-order valence-electron chi connectivity index (χ1n) is 2.92. The number of hydrogen-bond donors (Lipinski definition) is 1. The van der Waals surface area contributed by atoms with E-state index < -0.39 is 0 Å². The number of nitrogens with two attached hydrogens (primary N) is 1. The Morgan fingerprint density at radius 1 is 1.75 bits per heavy atom. The lowest BCUT2D eigenvalue weighted by atomic mass is 10.0. The van der Waals surface area contributed by atoms with E-state index in [1.807, 2.05) is 6.08 Å². The highest BCUT2D eigenvalue weighted by atomic mass is 35.5. The zero-order valence-electron chi connectivity index (χ0n) is 4.73. The molecule has 0 aliphatic heterocycles. The minimum Gasteiger partial charge on any atom is -0.323 e. The third-order valence-electron chi connectivity index (χ3n) is 1.41. The lowest BCUT2D eigenvalue weighted by molar-refractivity contribution is 0.636. The van der Waals surface area contributed by atoms with Crippen LogP contribution in [0.2, 0.25) is 0 Å². The Balaban J connectivity index is 2.53. The van der Waals surface area contributed by atoms with Crippen molar-refractivity contribution in [2.24, 2.45) is 5.73 Å². The molecule has 0 bridgehead atoms. The van der Waals surface area contributed by atoms with Crippen molar-refractivity contribution >= 4 is 11.6 Å². The normalized spacial score (nSPS) is 29.8. The van der Waals surface area contributed by atoms with E-state index in [0.717, 1.165) is 17.9 Å². The molecule has 1 unspecified atom stereocenters. The second-order valence-electron chi connectivity index (χ2n) is 2.13. The highest BCUT2D eigenvalue weighted by Crippen LogP contribution is 2.18. The Morgan fingerprint density at radius 2 is 2.50 bits per heavy atom. The van der Waals surface area contributed by atoms with Crippen molar-refractivity contribution < 1.29 is 0 Å². The van der Waals surface area contributed by atoms with Crippen molar-refractivity contribution in [1.29, 1.82) is 0 Å². The maximum absolute atomic E-state index is 5.70. The Morgan fingerprint density at radius 3 is 2.88 bits per heavy atom. The van der Waals surface area contributed by atoms with Gasteiger partial charge in [-0.3, -0.25) is 0 Å². The summed E-state index contributed by atoms with van der Waals surface area (Å²) >= 11 is 5.70. The smallest absolute Gasteiger partial charge is 0.0400 e. The van der Waals surface area contributed by atoms with E-state index in [0.29, 0.717) is 0 Å². The average molecular weight is 132 g/mol. The van der Waals surface area contributed by atoms with Crippen LogP contribution < -0.4 is 5.73 Å². The molecule has 2 N–H and O–H groups in total. The van der Waals surface area contributed by atoms with E-state index in [9.17, 15) is 0 Å². The van der Waals surface area contributed by atoms with E-state index >= 15 is 0 Å². The highest BCUT2D eigenvalue weighted by Gasteiger charge is 2.09. The minimum atomic E-state index is 0.130. The summed E-state index contributed by atoms with van der Waals surface area (Å²) in [7, 11) is 0. The van der Waals surface area contributed by atoms with Crippen molar-refractivity contribution in [3.63, 3.8) is 0 Å². The summed E-state index contributed by atoms with van der Waals surface area (Å²) in [5.74, 6) is 0. The summed E-state index contributed by atoms with van der Waals surface area (Å²) in [5.41, 5.74) is 5.58. The van der Waals surface area contributed by atoms with Gasteiger partial charge in [-0.25, -0.2) is 0 Å². The van der Waals surface area contributed by atoms with Crippen molar-refractivity contribution in [3.8, 4) is 0 Å². The third kappa shape index (κ3) is 1.23. The third-order valence-corrected chi connectivity index (χ3v) is 1.85. The predicted molar refractivity (Wildman–Crippen MR) is 35.8 cm³/mol. The molecule has 0 aromatic carbocycles. The van der Waals surface area contributed by atoms with Crippen molar-refractivity contribution in [1.82, 2.24) is 0 Å². The van der Waals surface area contributed by atoms with Gasteiger partial charge in [0, 0.05) is 11.1 Å². The molecule has 2 heteroatoms. The van der Waals surface area contributed by atoms with Crippen LogP contribution in [-0.2, 0) is 0 Å². The Hall–Kier alpha value is -0.0100. The topological polar surface area (TPSA) is 26.0 Å². The summed E-state index contributed by atoms with van der Waals surface area (Å²) in [6.07, 6.45) is 5.36. The number of rotatable bonds is 0. The zero-order valence-corrected chi connectivity index (χ0v) is 5.49. The second-order valence-corrected chi connectivity index (χ2v) is 2.56. The summed E-state index contributed by atoms with van der Waals surface area (Å²) in [6.45, 7) is 0. The molecule has 0 heterocycles. The monoisotopic (exact) mass is 131 g/mol. The van der Waals surface area contributed by atoms with Crippen LogP contribution in [0.4, 0.5) is 0 Å². The zero-order chi connectivity index (χ0) is 5.98. The summed E-state index contributed by atoms with van der Waals surface area (Å²) in [5, 5.41) is 0.844. The van der Waals surface area contributed by atoms with E-state index in [-0.39, 0.29) is 6.04 Å².